The molecule has 0 bridgehead atoms. The number of hydrogen-bond donors (Lipinski definition) is 2. The van der Waals surface area contributed by atoms with E-state index in [0.717, 1.165) is 31.8 Å². The molecule has 1 heterocycles. The topological polar surface area (TPSA) is 52.6 Å². The molecule has 2 aliphatic rings. The quantitative estimate of drug-likeness (QED) is 0.842. The summed E-state index contributed by atoms with van der Waals surface area (Å²) in [5.41, 5.74) is 2.71. The van der Waals surface area contributed by atoms with Gasteiger partial charge in [-0.05, 0) is 61.7 Å². The first kappa shape index (κ1) is 17.4. The molecular formula is C20H30N2O2. The monoisotopic (exact) mass is 330 g/mol. The number of piperidine rings is 1. The maximum atomic E-state index is 12.2. The molecule has 1 saturated heterocycles. The number of likely N-dealkylation sites (tertiary alicyclic amines) is 1. The van der Waals surface area contributed by atoms with Gasteiger partial charge in [0.1, 0.15) is 0 Å². The lowest BCUT2D eigenvalue weighted by Gasteiger charge is -2.31. The Morgan fingerprint density at radius 3 is 2.83 bits per heavy atom. The highest BCUT2D eigenvalue weighted by Gasteiger charge is 2.24. The average Bonchev–Trinajstić information content (AvgIpc) is 2.98. The largest absolute Gasteiger partial charge is 0.390 e. The van der Waals surface area contributed by atoms with Gasteiger partial charge in [-0.25, -0.2) is 0 Å². The molecule has 1 aromatic rings. The standard InChI is InChI=1S/C20H30N2O2/c1-15-8-10-22(11-9-15)14-18(23)13-21-20(24)12-17-7-6-16-4-2-3-5-19(16)17/h2-5,15,17-18,23H,6-14H2,1H3,(H,21,24). The van der Waals surface area contributed by atoms with E-state index >= 15 is 0 Å². The lowest BCUT2D eigenvalue weighted by Crippen LogP contribution is -2.43. The Morgan fingerprint density at radius 1 is 1.29 bits per heavy atom. The van der Waals surface area contributed by atoms with Crippen LogP contribution in [0.2, 0.25) is 0 Å². The second-order valence-electron chi connectivity index (χ2n) is 7.58. The minimum absolute atomic E-state index is 0.0584. The first-order valence-corrected chi connectivity index (χ1v) is 9.36. The molecule has 4 heteroatoms. The first-order chi connectivity index (χ1) is 11.6. The number of benzene rings is 1. The smallest absolute Gasteiger partial charge is 0.220 e. The first-order valence-electron chi connectivity index (χ1n) is 9.36. The Kier molecular flexibility index (Phi) is 5.90. The van der Waals surface area contributed by atoms with Gasteiger partial charge in [-0.1, -0.05) is 31.2 Å². The van der Waals surface area contributed by atoms with Crippen LogP contribution in [-0.2, 0) is 11.2 Å². The Morgan fingerprint density at radius 2 is 2.04 bits per heavy atom. The zero-order valence-electron chi connectivity index (χ0n) is 14.7. The van der Waals surface area contributed by atoms with Crippen LogP contribution in [-0.4, -0.2) is 48.2 Å². The second-order valence-corrected chi connectivity index (χ2v) is 7.58. The molecule has 0 saturated carbocycles. The lowest BCUT2D eigenvalue weighted by molar-refractivity contribution is -0.122. The van der Waals surface area contributed by atoms with Crippen molar-refractivity contribution in [2.24, 2.45) is 5.92 Å². The summed E-state index contributed by atoms with van der Waals surface area (Å²) in [6.07, 6.45) is 4.61. The van der Waals surface area contributed by atoms with Crippen molar-refractivity contribution in [1.29, 1.82) is 0 Å². The molecular weight excluding hydrogens is 300 g/mol. The van der Waals surface area contributed by atoms with Crippen molar-refractivity contribution in [2.45, 2.75) is 51.0 Å². The van der Waals surface area contributed by atoms with Gasteiger partial charge in [0.05, 0.1) is 6.10 Å². The van der Waals surface area contributed by atoms with Gasteiger partial charge in [0.2, 0.25) is 5.91 Å². The van der Waals surface area contributed by atoms with Gasteiger partial charge in [0.25, 0.3) is 0 Å². The molecule has 0 spiro atoms. The average molecular weight is 330 g/mol. The van der Waals surface area contributed by atoms with Crippen molar-refractivity contribution in [3.63, 3.8) is 0 Å². The number of rotatable bonds is 6. The van der Waals surface area contributed by atoms with Crippen molar-refractivity contribution in [3.8, 4) is 0 Å². The van der Waals surface area contributed by atoms with E-state index in [2.05, 4.69) is 41.4 Å². The van der Waals surface area contributed by atoms with Crippen LogP contribution >= 0.6 is 0 Å². The number of hydrogen-bond acceptors (Lipinski definition) is 3. The molecule has 4 nitrogen and oxygen atoms in total. The fourth-order valence-electron chi connectivity index (χ4n) is 3.99. The lowest BCUT2D eigenvalue weighted by atomic mass is 9.97. The molecule has 0 aromatic heterocycles. The number of β-amino-alcohol motifs (C(OH)–C–C–N with tert-alkyl or cyclic N) is 1. The molecule has 1 fully saturated rings. The van der Waals surface area contributed by atoms with Crippen molar-refractivity contribution >= 4 is 5.91 Å². The third-order valence-electron chi connectivity index (χ3n) is 5.57. The SMILES string of the molecule is CC1CCN(CC(O)CNC(=O)CC2CCc3ccccc32)CC1. The Bertz CT molecular complexity index is 552. The predicted molar refractivity (Wildman–Crippen MR) is 96.0 cm³/mol. The summed E-state index contributed by atoms with van der Waals surface area (Å²) in [6.45, 7) is 5.43. The highest BCUT2D eigenvalue weighted by atomic mass is 16.3. The van der Waals surface area contributed by atoms with Gasteiger partial charge in [-0.15, -0.1) is 0 Å². The molecule has 1 aliphatic heterocycles. The van der Waals surface area contributed by atoms with Crippen molar-refractivity contribution in [1.82, 2.24) is 10.2 Å². The van der Waals surface area contributed by atoms with Gasteiger partial charge in [-0.2, -0.15) is 0 Å². The van der Waals surface area contributed by atoms with E-state index in [9.17, 15) is 9.90 Å². The zero-order valence-corrected chi connectivity index (χ0v) is 14.7. The molecule has 2 atom stereocenters. The van der Waals surface area contributed by atoms with E-state index in [1.54, 1.807) is 0 Å². The van der Waals surface area contributed by atoms with E-state index in [0.29, 0.717) is 25.4 Å². The van der Waals surface area contributed by atoms with Crippen LogP contribution < -0.4 is 5.32 Å². The van der Waals surface area contributed by atoms with Gasteiger partial charge in [-0.3, -0.25) is 4.79 Å². The Balaban J connectivity index is 1.38. The number of nitrogens with one attached hydrogen (secondary N) is 1. The fraction of sp³-hybridized carbons (Fsp3) is 0.650. The number of aryl methyl sites for hydroxylation is 1. The summed E-state index contributed by atoms with van der Waals surface area (Å²) in [5, 5.41) is 13.1. The van der Waals surface area contributed by atoms with E-state index in [1.807, 2.05) is 0 Å². The summed E-state index contributed by atoms with van der Waals surface area (Å²) < 4.78 is 0. The normalized spacial score (nSPS) is 23.0. The van der Waals surface area contributed by atoms with E-state index in [4.69, 9.17) is 0 Å². The van der Waals surface area contributed by atoms with Crippen LogP contribution in [0, 0.1) is 5.92 Å². The Hall–Kier alpha value is -1.39. The van der Waals surface area contributed by atoms with Gasteiger partial charge in [0.15, 0.2) is 0 Å². The van der Waals surface area contributed by atoms with E-state index in [1.165, 1.54) is 24.0 Å². The summed E-state index contributed by atoms with van der Waals surface area (Å²) in [5.74, 6) is 1.19. The number of aliphatic hydroxyl groups is 1. The van der Waals surface area contributed by atoms with Crippen molar-refractivity contribution < 1.29 is 9.90 Å². The third-order valence-corrected chi connectivity index (χ3v) is 5.57. The number of amides is 1. The molecule has 0 radical (unpaired) electrons. The van der Waals surface area contributed by atoms with Gasteiger partial charge < -0.3 is 15.3 Å². The summed E-state index contributed by atoms with van der Waals surface area (Å²) in [7, 11) is 0. The summed E-state index contributed by atoms with van der Waals surface area (Å²) in [4.78, 5) is 14.5. The van der Waals surface area contributed by atoms with E-state index < -0.39 is 6.10 Å². The molecule has 1 aromatic carbocycles. The maximum Gasteiger partial charge on any atom is 0.220 e. The van der Waals surface area contributed by atoms with E-state index in [-0.39, 0.29) is 5.91 Å². The summed E-state index contributed by atoms with van der Waals surface area (Å²) in [6, 6.07) is 8.43. The van der Waals surface area contributed by atoms with Crippen LogP contribution in [0.25, 0.3) is 0 Å². The number of fused-ring (bicyclic) bond motifs is 1. The van der Waals surface area contributed by atoms with Crippen LogP contribution in [0.15, 0.2) is 24.3 Å². The number of aliphatic hydroxyl groups excluding tert-OH is 1. The van der Waals surface area contributed by atoms with Gasteiger partial charge in [0, 0.05) is 19.5 Å². The predicted octanol–water partition coefficient (Wildman–Crippen LogP) is 2.32. The highest BCUT2D eigenvalue weighted by Crippen LogP contribution is 2.34. The van der Waals surface area contributed by atoms with Gasteiger partial charge >= 0.3 is 0 Å². The minimum Gasteiger partial charge on any atom is -0.390 e. The minimum atomic E-state index is -0.474. The molecule has 1 amide bonds. The highest BCUT2D eigenvalue weighted by molar-refractivity contribution is 5.77. The van der Waals surface area contributed by atoms with Crippen LogP contribution in [0.4, 0.5) is 0 Å². The third kappa shape index (κ3) is 4.58. The number of carbonyl (C=O) groups excluding carboxylic acids is 1. The molecule has 132 valence electrons. The summed E-state index contributed by atoms with van der Waals surface area (Å²) >= 11 is 0. The van der Waals surface area contributed by atoms with Crippen LogP contribution in [0.3, 0.4) is 0 Å². The maximum absolute atomic E-state index is 12.2. The molecule has 2 unspecified atom stereocenters. The second kappa shape index (κ2) is 8.13. The molecule has 24 heavy (non-hydrogen) atoms. The fourth-order valence-corrected chi connectivity index (χ4v) is 3.99. The molecule has 1 aliphatic carbocycles. The van der Waals surface area contributed by atoms with Crippen molar-refractivity contribution in [2.75, 3.05) is 26.2 Å². The molecule has 3 rings (SSSR count). The zero-order chi connectivity index (χ0) is 16.9. The van der Waals surface area contributed by atoms with Crippen molar-refractivity contribution in [3.05, 3.63) is 35.4 Å². The molecule has 2 N–H and O–H groups in total. The van der Waals surface area contributed by atoms with Crippen LogP contribution in [0.1, 0.15) is 49.7 Å². The Labute approximate surface area is 145 Å². The van der Waals surface area contributed by atoms with Crippen LogP contribution in [0.5, 0.6) is 0 Å². The number of carbonyl (C=O) groups is 1. The number of nitrogens with zero attached hydrogens (tertiary/aromatic N) is 1.